The van der Waals surface area contributed by atoms with Crippen LogP contribution in [0.4, 0.5) is 5.69 Å². The molecule has 1 aromatic carbocycles. The Labute approximate surface area is 117 Å². The lowest BCUT2D eigenvalue weighted by Crippen LogP contribution is -2.08. The van der Waals surface area contributed by atoms with Crippen molar-refractivity contribution >= 4 is 17.4 Å². The normalized spacial score (nSPS) is 10.0. The van der Waals surface area contributed by atoms with Crippen LogP contribution in [0.3, 0.4) is 0 Å². The highest BCUT2D eigenvalue weighted by atomic mass is 32.2. The molecule has 0 atom stereocenters. The predicted molar refractivity (Wildman–Crippen MR) is 71.5 cm³/mol. The standard InChI is InChI=1S/C12H8N4O3S/c1-7-4-11(17)15-12(14-7)20-10-3-2-8(6-13)5-9(10)16(18)19/h2-5H,1H3,(H,14,15,17). The van der Waals surface area contributed by atoms with Crippen LogP contribution in [-0.2, 0) is 0 Å². The number of H-pyrrole nitrogens is 1. The summed E-state index contributed by atoms with van der Waals surface area (Å²) in [5.41, 5.74) is 0.203. The molecular weight excluding hydrogens is 280 g/mol. The van der Waals surface area contributed by atoms with E-state index < -0.39 is 4.92 Å². The summed E-state index contributed by atoms with van der Waals surface area (Å²) in [5.74, 6) is 0. The van der Waals surface area contributed by atoms with E-state index in [1.165, 1.54) is 24.3 Å². The molecule has 1 aromatic heterocycles. The summed E-state index contributed by atoms with van der Waals surface area (Å²) >= 11 is 0.972. The number of aryl methyl sites for hydroxylation is 1. The first kappa shape index (κ1) is 13.8. The summed E-state index contributed by atoms with van der Waals surface area (Å²) < 4.78 is 0. The Kier molecular flexibility index (Phi) is 3.81. The zero-order valence-electron chi connectivity index (χ0n) is 10.3. The van der Waals surface area contributed by atoms with Crippen LogP contribution in [-0.4, -0.2) is 14.9 Å². The average Bonchev–Trinajstić information content (AvgIpc) is 2.37. The van der Waals surface area contributed by atoms with Gasteiger partial charge in [0.05, 0.1) is 21.5 Å². The second-order valence-electron chi connectivity index (χ2n) is 3.85. The fraction of sp³-hybridized carbons (Fsp3) is 0.0833. The quantitative estimate of drug-likeness (QED) is 0.525. The van der Waals surface area contributed by atoms with Gasteiger partial charge in [0, 0.05) is 17.8 Å². The molecule has 0 aliphatic carbocycles. The van der Waals surface area contributed by atoms with Crippen LogP contribution in [0.1, 0.15) is 11.3 Å². The van der Waals surface area contributed by atoms with E-state index in [1.807, 2.05) is 6.07 Å². The maximum atomic E-state index is 11.3. The third-order valence-electron chi connectivity index (χ3n) is 2.34. The van der Waals surface area contributed by atoms with Gasteiger partial charge in [-0.2, -0.15) is 5.26 Å². The number of nitro groups is 1. The van der Waals surface area contributed by atoms with E-state index in [-0.39, 0.29) is 22.0 Å². The van der Waals surface area contributed by atoms with Crippen molar-refractivity contribution in [2.24, 2.45) is 0 Å². The number of benzene rings is 1. The molecule has 0 saturated carbocycles. The first-order chi connectivity index (χ1) is 9.49. The molecule has 20 heavy (non-hydrogen) atoms. The van der Waals surface area contributed by atoms with Crippen LogP contribution in [0.2, 0.25) is 0 Å². The molecule has 100 valence electrons. The molecule has 2 rings (SSSR count). The van der Waals surface area contributed by atoms with Crippen molar-refractivity contribution in [2.45, 2.75) is 17.0 Å². The number of aromatic nitrogens is 2. The van der Waals surface area contributed by atoms with Crippen molar-refractivity contribution in [1.82, 2.24) is 9.97 Å². The van der Waals surface area contributed by atoms with Crippen molar-refractivity contribution in [3.63, 3.8) is 0 Å². The topological polar surface area (TPSA) is 113 Å². The molecule has 0 bridgehead atoms. The lowest BCUT2D eigenvalue weighted by Gasteiger charge is -2.03. The second kappa shape index (κ2) is 5.54. The van der Waals surface area contributed by atoms with Gasteiger partial charge in [0.25, 0.3) is 11.2 Å². The first-order valence-corrected chi connectivity index (χ1v) is 6.25. The Balaban J connectivity index is 2.45. The summed E-state index contributed by atoms with van der Waals surface area (Å²) in [7, 11) is 0. The van der Waals surface area contributed by atoms with E-state index >= 15 is 0 Å². The number of rotatable bonds is 3. The van der Waals surface area contributed by atoms with Crippen LogP contribution in [0.5, 0.6) is 0 Å². The van der Waals surface area contributed by atoms with E-state index in [9.17, 15) is 14.9 Å². The lowest BCUT2D eigenvalue weighted by molar-refractivity contribution is -0.387. The van der Waals surface area contributed by atoms with E-state index in [0.29, 0.717) is 10.6 Å². The summed E-state index contributed by atoms with van der Waals surface area (Å²) in [5, 5.41) is 20.0. The van der Waals surface area contributed by atoms with Gasteiger partial charge in [0.2, 0.25) is 0 Å². The molecule has 0 fully saturated rings. The average molecular weight is 288 g/mol. The zero-order valence-corrected chi connectivity index (χ0v) is 11.1. The third-order valence-corrected chi connectivity index (χ3v) is 3.29. The molecule has 1 N–H and O–H groups in total. The van der Waals surface area contributed by atoms with Gasteiger partial charge in [-0.3, -0.25) is 14.9 Å². The Morgan fingerprint density at radius 3 is 2.80 bits per heavy atom. The Bertz CT molecular complexity index is 779. The monoisotopic (exact) mass is 288 g/mol. The van der Waals surface area contributed by atoms with Gasteiger partial charge in [-0.1, -0.05) is 0 Å². The van der Waals surface area contributed by atoms with Crippen molar-refractivity contribution < 1.29 is 4.92 Å². The van der Waals surface area contributed by atoms with Gasteiger partial charge in [-0.25, -0.2) is 4.98 Å². The molecule has 8 heteroatoms. The van der Waals surface area contributed by atoms with E-state index in [2.05, 4.69) is 9.97 Å². The number of aromatic amines is 1. The van der Waals surface area contributed by atoms with Crippen LogP contribution < -0.4 is 5.56 Å². The molecular formula is C12H8N4O3S. The molecule has 0 radical (unpaired) electrons. The number of nitrogens with zero attached hydrogens (tertiary/aromatic N) is 3. The van der Waals surface area contributed by atoms with Gasteiger partial charge >= 0.3 is 0 Å². The van der Waals surface area contributed by atoms with Gasteiger partial charge in [0.15, 0.2) is 5.16 Å². The summed E-state index contributed by atoms with van der Waals surface area (Å²) in [4.78, 5) is 28.7. The molecule has 0 saturated heterocycles. The molecule has 0 aliphatic heterocycles. The fourth-order valence-electron chi connectivity index (χ4n) is 1.52. The smallest absolute Gasteiger partial charge is 0.284 e. The first-order valence-electron chi connectivity index (χ1n) is 5.44. The minimum atomic E-state index is -0.572. The minimum absolute atomic E-state index is 0.196. The number of hydrogen-bond acceptors (Lipinski definition) is 6. The maximum Gasteiger partial charge on any atom is 0.284 e. The molecule has 2 aromatic rings. The van der Waals surface area contributed by atoms with Gasteiger partial charge < -0.3 is 4.98 Å². The molecule has 0 unspecified atom stereocenters. The van der Waals surface area contributed by atoms with E-state index in [4.69, 9.17) is 5.26 Å². The van der Waals surface area contributed by atoms with Crippen molar-refractivity contribution in [2.75, 3.05) is 0 Å². The number of nitrogens with one attached hydrogen (secondary N) is 1. The van der Waals surface area contributed by atoms with Gasteiger partial charge in [0.1, 0.15) is 0 Å². The number of hydrogen-bond donors (Lipinski definition) is 1. The van der Waals surface area contributed by atoms with Crippen molar-refractivity contribution in [1.29, 1.82) is 5.26 Å². The van der Waals surface area contributed by atoms with E-state index in [0.717, 1.165) is 11.8 Å². The summed E-state index contributed by atoms with van der Waals surface area (Å²) in [6.45, 7) is 1.66. The largest absolute Gasteiger partial charge is 0.301 e. The highest BCUT2D eigenvalue weighted by Crippen LogP contribution is 2.33. The second-order valence-corrected chi connectivity index (χ2v) is 4.88. The molecule has 0 spiro atoms. The molecule has 1 heterocycles. The van der Waals surface area contributed by atoms with Gasteiger partial charge in [-0.05, 0) is 30.8 Å². The van der Waals surface area contributed by atoms with E-state index in [1.54, 1.807) is 6.92 Å². The molecule has 0 aliphatic rings. The van der Waals surface area contributed by atoms with Crippen LogP contribution >= 0.6 is 11.8 Å². The number of nitro benzene ring substituents is 1. The minimum Gasteiger partial charge on any atom is -0.301 e. The van der Waals surface area contributed by atoms with Crippen LogP contribution in [0, 0.1) is 28.4 Å². The predicted octanol–water partition coefficient (Wildman–Crippen LogP) is 2.01. The third kappa shape index (κ3) is 3.02. The zero-order chi connectivity index (χ0) is 14.7. The van der Waals surface area contributed by atoms with Crippen LogP contribution in [0.15, 0.2) is 39.1 Å². The SMILES string of the molecule is Cc1cc(=O)[nH]c(Sc2ccc(C#N)cc2[N+](=O)[O-])n1. The number of nitriles is 1. The van der Waals surface area contributed by atoms with Crippen molar-refractivity contribution in [3.8, 4) is 6.07 Å². The summed E-state index contributed by atoms with van der Waals surface area (Å²) in [6.07, 6.45) is 0. The maximum absolute atomic E-state index is 11.3. The fourth-order valence-corrected chi connectivity index (χ4v) is 2.44. The Morgan fingerprint density at radius 1 is 1.45 bits per heavy atom. The van der Waals surface area contributed by atoms with Crippen LogP contribution in [0.25, 0.3) is 0 Å². The summed E-state index contributed by atoms with van der Waals surface area (Å²) in [6, 6.07) is 7.30. The Hall–Kier alpha value is -2.66. The highest BCUT2D eigenvalue weighted by molar-refractivity contribution is 7.99. The highest BCUT2D eigenvalue weighted by Gasteiger charge is 2.16. The lowest BCUT2D eigenvalue weighted by atomic mass is 10.2. The molecule has 0 amide bonds. The molecule has 7 nitrogen and oxygen atoms in total. The van der Waals surface area contributed by atoms with Gasteiger partial charge in [-0.15, -0.1) is 0 Å². The Morgan fingerprint density at radius 2 is 2.20 bits per heavy atom. The van der Waals surface area contributed by atoms with Crippen molar-refractivity contribution in [3.05, 3.63) is 56.0 Å².